The Morgan fingerprint density at radius 2 is 2.24 bits per heavy atom. The smallest absolute Gasteiger partial charge is 0.371 e. The number of nitrogens with zero attached hydrogens (tertiary/aromatic N) is 1. The van der Waals surface area contributed by atoms with Crippen LogP contribution in [0.2, 0.25) is 0 Å². The largest absolute Gasteiger partial charge is 0.475 e. The minimum absolute atomic E-state index is 0.0614. The minimum atomic E-state index is -1.07. The van der Waals surface area contributed by atoms with Crippen molar-refractivity contribution in [1.82, 2.24) is 4.98 Å². The molecule has 0 aliphatic heterocycles. The van der Waals surface area contributed by atoms with Gasteiger partial charge in [0.25, 0.3) is 0 Å². The van der Waals surface area contributed by atoms with Crippen LogP contribution in [-0.4, -0.2) is 16.1 Å². The Balaban J connectivity index is 1.71. The third kappa shape index (κ3) is 3.03. The van der Waals surface area contributed by atoms with Crippen LogP contribution in [0.15, 0.2) is 43.6 Å². The lowest BCUT2D eigenvalue weighted by molar-refractivity contribution is 0.0656. The molecule has 0 fully saturated rings. The van der Waals surface area contributed by atoms with Gasteiger partial charge < -0.3 is 13.9 Å². The summed E-state index contributed by atoms with van der Waals surface area (Å²) in [6.45, 7) is 1.87. The normalized spacial score (nSPS) is 10.9. The van der Waals surface area contributed by atoms with Gasteiger partial charge in [-0.05, 0) is 30.5 Å². The monoisotopic (exact) mass is 321 g/mol. The molecular formula is C14H11NO4S2. The predicted octanol–water partition coefficient (Wildman–Crippen LogP) is 4.30. The highest BCUT2D eigenvalue weighted by molar-refractivity contribution is 7.98. The Bertz CT molecular complexity index is 758. The number of rotatable bonds is 5. The van der Waals surface area contributed by atoms with Crippen LogP contribution >= 0.6 is 23.1 Å². The van der Waals surface area contributed by atoms with Crippen molar-refractivity contribution in [3.63, 3.8) is 0 Å². The second kappa shape index (κ2) is 5.79. The lowest BCUT2D eigenvalue weighted by Crippen LogP contribution is -1.91. The minimum Gasteiger partial charge on any atom is -0.475 e. The first-order valence-corrected chi connectivity index (χ1v) is 7.96. The summed E-state index contributed by atoms with van der Waals surface area (Å²) in [5.74, 6) is 0.806. The van der Waals surface area contributed by atoms with E-state index in [1.165, 1.54) is 17.8 Å². The molecule has 1 N–H and O–H groups in total. The zero-order valence-corrected chi connectivity index (χ0v) is 12.7. The number of hydrogen-bond donors (Lipinski definition) is 1. The Morgan fingerprint density at radius 1 is 1.38 bits per heavy atom. The molecule has 0 atom stereocenters. The van der Waals surface area contributed by atoms with E-state index in [0.717, 1.165) is 16.3 Å². The van der Waals surface area contributed by atoms with Crippen LogP contribution in [0.25, 0.3) is 10.8 Å². The molecule has 0 saturated heterocycles. The average Bonchev–Trinajstić information content (AvgIpc) is 3.17. The molecule has 0 unspecified atom stereocenters. The average molecular weight is 321 g/mol. The maximum Gasteiger partial charge on any atom is 0.371 e. The predicted molar refractivity (Wildman–Crippen MR) is 79.8 cm³/mol. The van der Waals surface area contributed by atoms with Gasteiger partial charge in [0.05, 0.1) is 10.6 Å². The number of oxazole rings is 1. The fourth-order valence-electron chi connectivity index (χ4n) is 1.72. The quantitative estimate of drug-likeness (QED) is 0.706. The molecule has 7 heteroatoms. The van der Waals surface area contributed by atoms with Gasteiger partial charge in [-0.2, -0.15) is 0 Å². The number of carboxylic acids is 1. The van der Waals surface area contributed by atoms with Gasteiger partial charge in [0, 0.05) is 5.75 Å². The first-order chi connectivity index (χ1) is 10.1. The maximum atomic E-state index is 10.7. The van der Waals surface area contributed by atoms with Gasteiger partial charge in [-0.25, -0.2) is 9.78 Å². The second-order valence-corrected chi connectivity index (χ2v) is 6.14. The topological polar surface area (TPSA) is 76.5 Å². The van der Waals surface area contributed by atoms with Gasteiger partial charge in [-0.15, -0.1) is 11.3 Å². The van der Waals surface area contributed by atoms with Crippen LogP contribution in [0.4, 0.5) is 0 Å². The van der Waals surface area contributed by atoms with E-state index in [1.54, 1.807) is 17.4 Å². The summed E-state index contributed by atoms with van der Waals surface area (Å²) >= 11 is 2.96. The van der Waals surface area contributed by atoms with Gasteiger partial charge in [0.1, 0.15) is 5.76 Å². The summed E-state index contributed by atoms with van der Waals surface area (Å²) in [5, 5.41) is 11.3. The molecule has 0 amide bonds. The van der Waals surface area contributed by atoms with Gasteiger partial charge >= 0.3 is 5.97 Å². The third-order valence-corrected chi connectivity index (χ3v) is 4.55. The standard InChI is InChI=1S/C14H11NO4S2/c1-8-9(15-13(18-8)11-3-2-6-20-11)7-21-12-5-4-10(19-12)14(16)17/h2-6H,7H2,1H3,(H,16,17). The molecule has 3 rings (SSSR count). The van der Waals surface area contributed by atoms with Crippen molar-refractivity contribution >= 4 is 29.1 Å². The van der Waals surface area contributed by atoms with E-state index in [1.807, 2.05) is 24.4 Å². The van der Waals surface area contributed by atoms with Crippen LogP contribution in [0.3, 0.4) is 0 Å². The van der Waals surface area contributed by atoms with Gasteiger partial charge in [-0.1, -0.05) is 17.8 Å². The number of hydrogen-bond acceptors (Lipinski definition) is 6. The number of furan rings is 1. The van der Waals surface area contributed by atoms with Crippen molar-refractivity contribution in [2.45, 2.75) is 17.8 Å². The molecule has 0 radical (unpaired) electrons. The first-order valence-electron chi connectivity index (χ1n) is 6.09. The number of thioether (sulfide) groups is 1. The van der Waals surface area contributed by atoms with E-state index >= 15 is 0 Å². The molecule has 0 spiro atoms. The van der Waals surface area contributed by atoms with Crippen molar-refractivity contribution < 1.29 is 18.7 Å². The van der Waals surface area contributed by atoms with Crippen molar-refractivity contribution in [2.75, 3.05) is 0 Å². The van der Waals surface area contributed by atoms with Crippen LogP contribution in [0.1, 0.15) is 22.0 Å². The zero-order chi connectivity index (χ0) is 14.8. The lowest BCUT2D eigenvalue weighted by atomic mass is 10.4. The molecule has 3 heterocycles. The van der Waals surface area contributed by atoms with E-state index in [9.17, 15) is 4.79 Å². The molecule has 21 heavy (non-hydrogen) atoms. The van der Waals surface area contributed by atoms with Crippen LogP contribution in [0.5, 0.6) is 0 Å². The van der Waals surface area contributed by atoms with E-state index in [4.69, 9.17) is 13.9 Å². The van der Waals surface area contributed by atoms with Crippen LogP contribution < -0.4 is 0 Å². The highest BCUT2D eigenvalue weighted by Gasteiger charge is 2.14. The van der Waals surface area contributed by atoms with Crippen molar-refractivity contribution in [2.24, 2.45) is 0 Å². The van der Waals surface area contributed by atoms with Crippen LogP contribution in [-0.2, 0) is 5.75 Å². The summed E-state index contributed by atoms with van der Waals surface area (Å²) < 4.78 is 10.8. The molecule has 0 saturated carbocycles. The summed E-state index contributed by atoms with van der Waals surface area (Å²) in [7, 11) is 0. The molecule has 0 bridgehead atoms. The summed E-state index contributed by atoms with van der Waals surface area (Å²) in [4.78, 5) is 16.2. The fourth-order valence-corrected chi connectivity index (χ4v) is 3.23. The Labute approximate surface area is 128 Å². The number of aryl methyl sites for hydroxylation is 1. The Kier molecular flexibility index (Phi) is 3.85. The Hall–Kier alpha value is -1.99. The summed E-state index contributed by atoms with van der Waals surface area (Å²) in [5.41, 5.74) is 0.830. The highest BCUT2D eigenvalue weighted by atomic mass is 32.2. The van der Waals surface area contributed by atoms with Crippen LogP contribution in [0, 0.1) is 6.92 Å². The molecule has 5 nitrogen and oxygen atoms in total. The maximum absolute atomic E-state index is 10.7. The molecule has 0 aromatic carbocycles. The SMILES string of the molecule is Cc1oc(-c2cccs2)nc1CSc1ccc(C(=O)O)o1. The lowest BCUT2D eigenvalue weighted by Gasteiger charge is -1.94. The van der Waals surface area contributed by atoms with Gasteiger partial charge in [-0.3, -0.25) is 0 Å². The van der Waals surface area contributed by atoms with Gasteiger partial charge in [0.2, 0.25) is 11.7 Å². The molecule has 3 aromatic heterocycles. The molecule has 108 valence electrons. The number of aromatic nitrogens is 1. The Morgan fingerprint density at radius 3 is 2.90 bits per heavy atom. The van der Waals surface area contributed by atoms with Crippen molar-refractivity contribution in [3.05, 3.63) is 46.9 Å². The number of carboxylic acid groups (broad SMARTS) is 1. The highest BCUT2D eigenvalue weighted by Crippen LogP contribution is 2.30. The summed E-state index contributed by atoms with van der Waals surface area (Å²) in [6, 6.07) is 6.99. The van der Waals surface area contributed by atoms with Crippen molar-refractivity contribution in [3.8, 4) is 10.8 Å². The fraction of sp³-hybridized carbons (Fsp3) is 0.143. The first kappa shape index (κ1) is 14.0. The molecule has 0 aliphatic rings. The van der Waals surface area contributed by atoms with Crippen molar-refractivity contribution in [1.29, 1.82) is 0 Å². The van der Waals surface area contributed by atoms with Gasteiger partial charge in [0.15, 0.2) is 5.09 Å². The third-order valence-electron chi connectivity index (χ3n) is 2.77. The number of thiophene rings is 1. The van der Waals surface area contributed by atoms with E-state index < -0.39 is 5.97 Å². The number of aromatic carboxylic acids is 1. The molecular weight excluding hydrogens is 310 g/mol. The van der Waals surface area contributed by atoms with E-state index in [0.29, 0.717) is 16.7 Å². The molecule has 0 aliphatic carbocycles. The zero-order valence-electron chi connectivity index (χ0n) is 11.0. The molecule has 3 aromatic rings. The van der Waals surface area contributed by atoms with E-state index in [-0.39, 0.29) is 5.76 Å². The summed E-state index contributed by atoms with van der Waals surface area (Å²) in [6.07, 6.45) is 0. The van der Waals surface area contributed by atoms with E-state index in [2.05, 4.69) is 4.98 Å². The second-order valence-electron chi connectivity index (χ2n) is 4.21. The number of carbonyl (C=O) groups is 1.